The largest absolute Gasteiger partial charge is 0.241 e. The number of hydrogen-bond donors (Lipinski definition) is 1. The molecule has 1 rings (SSSR count). The van der Waals surface area contributed by atoms with E-state index in [1.165, 1.54) is 0 Å². The highest BCUT2D eigenvalue weighted by Crippen LogP contribution is 2.23. The van der Waals surface area contributed by atoms with Crippen LogP contribution in [0.25, 0.3) is 0 Å². The van der Waals surface area contributed by atoms with Crippen LogP contribution >= 0.6 is 0 Å². The molecule has 3 nitrogen and oxygen atoms in total. The van der Waals surface area contributed by atoms with Gasteiger partial charge >= 0.3 is 0 Å². The molecule has 1 N–H and O–H groups in total. The first kappa shape index (κ1) is 21.1. The van der Waals surface area contributed by atoms with Gasteiger partial charge in [0.2, 0.25) is 10.0 Å². The van der Waals surface area contributed by atoms with Gasteiger partial charge in [-0.2, -0.15) is 0 Å². The summed E-state index contributed by atoms with van der Waals surface area (Å²) in [7, 11) is -4.71. The van der Waals surface area contributed by atoms with E-state index in [0.717, 1.165) is 22.7 Å². The lowest BCUT2D eigenvalue weighted by Gasteiger charge is -2.21. The minimum absolute atomic E-state index is 0.188. The van der Waals surface area contributed by atoms with Gasteiger partial charge in [0, 0.05) is 14.1 Å². The van der Waals surface area contributed by atoms with E-state index < -0.39 is 18.1 Å². The molecule has 0 aliphatic heterocycles. The van der Waals surface area contributed by atoms with Crippen molar-refractivity contribution in [3.63, 3.8) is 0 Å². The lowest BCUT2D eigenvalue weighted by Crippen LogP contribution is -2.37. The minimum atomic E-state index is -3.54. The second kappa shape index (κ2) is 7.98. The van der Waals surface area contributed by atoms with Crippen LogP contribution < -0.4 is 4.72 Å². The zero-order chi connectivity index (χ0) is 18.7. The summed E-state index contributed by atoms with van der Waals surface area (Å²) < 4.78 is 28.7. The molecule has 0 heterocycles. The molecule has 0 bridgehead atoms. The molecule has 0 saturated heterocycles. The number of hydrogen-bond acceptors (Lipinski definition) is 2. The van der Waals surface area contributed by atoms with Gasteiger partial charge in [0.1, 0.15) is 0 Å². The Labute approximate surface area is 149 Å². The average molecular weight is 368 g/mol. The maximum absolute atomic E-state index is 12.9. The quantitative estimate of drug-likeness (QED) is 0.555. The van der Waals surface area contributed by atoms with Gasteiger partial charge in [-0.1, -0.05) is 63.3 Å². The molecule has 0 fully saturated rings. The van der Waals surface area contributed by atoms with Crippen LogP contribution in [0.5, 0.6) is 0 Å². The monoisotopic (exact) mass is 367 g/mol. The summed E-state index contributed by atoms with van der Waals surface area (Å²) in [5.74, 6) is 0.198. The molecule has 1 aromatic carbocycles. The summed E-state index contributed by atoms with van der Waals surface area (Å²) >= 11 is 0. The van der Waals surface area contributed by atoms with Crippen LogP contribution in [0.3, 0.4) is 0 Å². The number of allylic oxidation sites excluding steroid dienone is 1. The Morgan fingerprint density at radius 1 is 1.08 bits per heavy atom. The van der Waals surface area contributed by atoms with E-state index in [1.54, 1.807) is 0 Å². The second-order valence-electron chi connectivity index (χ2n) is 8.31. The topological polar surface area (TPSA) is 46.2 Å². The highest BCUT2D eigenvalue weighted by atomic mass is 32.2. The first-order valence-corrected chi connectivity index (χ1v) is 13.8. The number of nitrogens with one attached hydrogen (secondary N) is 1. The fourth-order valence-corrected chi connectivity index (χ4v) is 5.43. The van der Waals surface area contributed by atoms with Crippen molar-refractivity contribution in [1.82, 2.24) is 4.72 Å². The van der Waals surface area contributed by atoms with Crippen molar-refractivity contribution in [3.8, 4) is 0 Å². The van der Waals surface area contributed by atoms with Crippen molar-refractivity contribution in [2.75, 3.05) is 0 Å². The molecule has 0 saturated carbocycles. The Kier molecular flexibility index (Phi) is 7.02. The van der Waals surface area contributed by atoms with Crippen molar-refractivity contribution in [3.05, 3.63) is 41.0 Å². The maximum atomic E-state index is 12.9. The van der Waals surface area contributed by atoms with Gasteiger partial charge in [-0.05, 0) is 43.9 Å². The van der Waals surface area contributed by atoms with Crippen LogP contribution in [0.15, 0.2) is 29.2 Å². The van der Waals surface area contributed by atoms with Crippen LogP contribution in [0, 0.1) is 26.7 Å². The number of aryl methyl sites for hydroxylation is 3. The molecule has 0 radical (unpaired) electrons. The first-order valence-electron chi connectivity index (χ1n) is 8.60. The van der Waals surface area contributed by atoms with Crippen molar-refractivity contribution in [1.29, 1.82) is 0 Å². The van der Waals surface area contributed by atoms with E-state index in [4.69, 9.17) is 0 Å². The van der Waals surface area contributed by atoms with Gasteiger partial charge in [0.05, 0.1) is 4.90 Å². The molecule has 0 aliphatic rings. The molecule has 0 amide bonds. The third kappa shape index (κ3) is 6.19. The Bertz CT molecular complexity index is 678. The molecule has 24 heavy (non-hydrogen) atoms. The highest BCUT2D eigenvalue weighted by molar-refractivity contribution is 7.89. The lowest BCUT2D eigenvalue weighted by atomic mass is 10.1. The van der Waals surface area contributed by atoms with Gasteiger partial charge in [-0.25, -0.2) is 13.1 Å². The van der Waals surface area contributed by atoms with Crippen molar-refractivity contribution in [2.24, 2.45) is 5.92 Å². The predicted octanol–water partition coefficient (Wildman–Crippen LogP) is 4.81. The highest BCUT2D eigenvalue weighted by Gasteiger charge is 2.24. The standard InChI is InChI=1S/C19H33NO2SSi/c1-14(2)18(10-9-11-24(6,7)8)20-23(21,22)19-16(4)12-15(3)13-17(19)5/h9-10,12-14,18,20H,11H2,1-8H3/b10-9+/t18-/m1/s1. The fraction of sp³-hybridized carbons (Fsp3) is 0.579. The SMILES string of the molecule is Cc1cc(C)c(S(=O)(=O)N[C@H](/C=C/C[Si](C)(C)C)C(C)C)c(C)c1. The normalized spacial score (nSPS) is 14.5. The molecule has 0 aromatic heterocycles. The van der Waals surface area contributed by atoms with Gasteiger partial charge in [0.15, 0.2) is 0 Å². The summed E-state index contributed by atoms with van der Waals surface area (Å²) in [6.45, 7) is 16.7. The summed E-state index contributed by atoms with van der Waals surface area (Å²) in [6, 6.07) is 4.71. The Hall–Kier alpha value is -0.913. The van der Waals surface area contributed by atoms with Gasteiger partial charge in [-0.15, -0.1) is 0 Å². The van der Waals surface area contributed by atoms with E-state index in [2.05, 4.69) is 30.4 Å². The van der Waals surface area contributed by atoms with Crippen molar-refractivity contribution in [2.45, 2.75) is 71.2 Å². The third-order valence-electron chi connectivity index (χ3n) is 3.96. The predicted molar refractivity (Wildman–Crippen MR) is 107 cm³/mol. The molecule has 0 aliphatic carbocycles. The van der Waals surface area contributed by atoms with Crippen molar-refractivity contribution >= 4 is 18.1 Å². The third-order valence-corrected chi connectivity index (χ3v) is 7.18. The minimum Gasteiger partial charge on any atom is -0.207 e. The molecule has 1 atom stereocenters. The first-order chi connectivity index (χ1) is 10.8. The van der Waals surface area contributed by atoms with Crippen LogP contribution in [0.4, 0.5) is 0 Å². The lowest BCUT2D eigenvalue weighted by molar-refractivity contribution is 0.508. The van der Waals surface area contributed by atoms with Crippen LogP contribution in [-0.2, 0) is 10.0 Å². The Morgan fingerprint density at radius 2 is 1.58 bits per heavy atom. The van der Waals surface area contributed by atoms with Crippen molar-refractivity contribution < 1.29 is 8.42 Å². The number of rotatable bonds is 7. The van der Waals surface area contributed by atoms with Crippen LogP contribution in [0.1, 0.15) is 30.5 Å². The number of benzene rings is 1. The van der Waals surface area contributed by atoms with Gasteiger partial charge < -0.3 is 0 Å². The van der Waals surface area contributed by atoms with Gasteiger partial charge in [0.25, 0.3) is 0 Å². The fourth-order valence-electron chi connectivity index (χ4n) is 2.79. The van der Waals surface area contributed by atoms with E-state index in [9.17, 15) is 8.42 Å². The van der Waals surface area contributed by atoms with Crippen LogP contribution in [-0.4, -0.2) is 22.5 Å². The second-order valence-corrected chi connectivity index (χ2v) is 15.5. The zero-order valence-corrected chi connectivity index (χ0v) is 18.2. The van der Waals surface area contributed by atoms with E-state index in [0.29, 0.717) is 4.90 Å². The average Bonchev–Trinajstić information content (AvgIpc) is 2.33. The van der Waals surface area contributed by atoms with Gasteiger partial charge in [-0.3, -0.25) is 0 Å². The molecule has 0 spiro atoms. The smallest absolute Gasteiger partial charge is 0.207 e. The molecular weight excluding hydrogens is 334 g/mol. The Balaban J connectivity index is 3.10. The summed E-state index contributed by atoms with van der Waals surface area (Å²) in [4.78, 5) is 0.414. The summed E-state index contributed by atoms with van der Waals surface area (Å²) in [6.07, 6.45) is 4.17. The molecule has 136 valence electrons. The van der Waals surface area contributed by atoms with Crippen LogP contribution in [0.2, 0.25) is 25.7 Å². The molecular formula is C19H33NO2SSi. The molecule has 1 aromatic rings. The van der Waals surface area contributed by atoms with E-state index in [1.807, 2.05) is 52.8 Å². The molecule has 0 unspecified atom stereocenters. The molecule has 5 heteroatoms. The zero-order valence-electron chi connectivity index (χ0n) is 16.4. The summed E-state index contributed by atoms with van der Waals surface area (Å²) in [5.41, 5.74) is 2.68. The number of sulfonamides is 1. The van der Waals surface area contributed by atoms with E-state index >= 15 is 0 Å². The van der Waals surface area contributed by atoms with E-state index in [-0.39, 0.29) is 12.0 Å². The maximum Gasteiger partial charge on any atom is 0.241 e. The summed E-state index contributed by atoms with van der Waals surface area (Å²) in [5, 5.41) is 0. The Morgan fingerprint density at radius 3 is 2.00 bits per heavy atom.